The Morgan fingerprint density at radius 1 is 0.889 bits per heavy atom. The molecule has 27 heavy (non-hydrogen) atoms. The van der Waals surface area contributed by atoms with Gasteiger partial charge < -0.3 is 4.74 Å². The number of aromatic nitrogens is 1. The Morgan fingerprint density at radius 2 is 1.74 bits per heavy atom. The average molecular weight is 361 g/mol. The van der Waals surface area contributed by atoms with Gasteiger partial charge in [0.05, 0.1) is 12.2 Å². The van der Waals surface area contributed by atoms with E-state index in [1.54, 1.807) is 5.57 Å². The van der Waals surface area contributed by atoms with Crippen molar-refractivity contribution in [2.75, 3.05) is 0 Å². The summed E-state index contributed by atoms with van der Waals surface area (Å²) in [4.78, 5) is 0. The third-order valence-corrected chi connectivity index (χ3v) is 6.76. The van der Waals surface area contributed by atoms with Gasteiger partial charge in [-0.1, -0.05) is 54.8 Å². The molecule has 2 aliphatic carbocycles. The van der Waals surface area contributed by atoms with Crippen LogP contribution in [0.3, 0.4) is 0 Å². The largest absolute Gasteiger partial charge is 0.369 e. The predicted octanol–water partition coefficient (Wildman–Crippen LogP) is 5.38. The van der Waals surface area contributed by atoms with Gasteiger partial charge in [0.2, 0.25) is 0 Å². The van der Waals surface area contributed by atoms with Crippen molar-refractivity contribution in [1.82, 2.24) is 0 Å². The molecule has 2 heteroatoms. The average Bonchev–Trinajstić information content (AvgIpc) is 2.74. The highest BCUT2D eigenvalue weighted by Crippen LogP contribution is 2.50. The number of benzene rings is 1. The van der Waals surface area contributed by atoms with Crippen molar-refractivity contribution in [2.45, 2.75) is 63.7 Å². The Bertz CT molecular complexity index is 812. The van der Waals surface area contributed by atoms with Crippen LogP contribution < -0.4 is 4.57 Å². The molecular formula is C25H30NO+. The molecule has 4 atom stereocenters. The molecule has 3 aliphatic rings. The number of fused-ring (bicyclic) bond motifs is 3. The summed E-state index contributed by atoms with van der Waals surface area (Å²) in [6.07, 6.45) is 16.9. The molecule has 1 saturated heterocycles. The second kappa shape index (κ2) is 7.59. The zero-order valence-electron chi connectivity index (χ0n) is 16.1. The fraction of sp³-hybridized carbons (Fsp3) is 0.480. The Balaban J connectivity index is 1.44. The third-order valence-electron chi connectivity index (χ3n) is 6.76. The van der Waals surface area contributed by atoms with E-state index in [2.05, 4.69) is 65.5 Å². The summed E-state index contributed by atoms with van der Waals surface area (Å²) in [7, 11) is 0. The summed E-state index contributed by atoms with van der Waals surface area (Å²) in [5.74, 6) is 1.28. The SMILES string of the molecule is C1=C2[C@@H](CCC1)[C@H](c1ccc[n+](Cc3ccccc3)c1)O[C@@H]1CCCC[C@@H]21. The maximum atomic E-state index is 6.80. The lowest BCUT2D eigenvalue weighted by atomic mass is 9.68. The Kier molecular flexibility index (Phi) is 4.83. The zero-order valence-corrected chi connectivity index (χ0v) is 16.1. The lowest BCUT2D eigenvalue weighted by molar-refractivity contribution is -0.689. The van der Waals surface area contributed by atoms with Crippen LogP contribution in [0.1, 0.15) is 62.2 Å². The summed E-state index contributed by atoms with van der Waals surface area (Å²) in [6.45, 7) is 0.917. The molecule has 1 aliphatic heterocycles. The fourth-order valence-corrected chi connectivity index (χ4v) is 5.52. The molecule has 0 N–H and O–H groups in total. The molecule has 0 spiro atoms. The Hall–Kier alpha value is -1.93. The first-order chi connectivity index (χ1) is 13.4. The minimum Gasteiger partial charge on any atom is -0.369 e. The molecule has 140 valence electrons. The number of hydrogen-bond donors (Lipinski definition) is 0. The first kappa shape index (κ1) is 17.2. The van der Waals surface area contributed by atoms with Crippen molar-refractivity contribution in [2.24, 2.45) is 11.8 Å². The zero-order chi connectivity index (χ0) is 18.1. The Labute approximate surface area is 162 Å². The monoisotopic (exact) mass is 360 g/mol. The van der Waals surface area contributed by atoms with Gasteiger partial charge in [-0.15, -0.1) is 0 Å². The fourth-order valence-electron chi connectivity index (χ4n) is 5.52. The standard InChI is InChI=1S/C25H30NO/c1-2-9-19(10-3-1)17-26-16-8-11-20(18-26)25-23-14-5-4-12-21(23)22-13-6-7-15-24(22)27-25/h1-3,8-12,16,18,22-25H,4-7,13-15,17H2/q+1/t22-,23+,24+,25-/m0/s1. The highest BCUT2D eigenvalue weighted by molar-refractivity contribution is 5.25. The number of rotatable bonds is 3. The Morgan fingerprint density at radius 3 is 2.67 bits per heavy atom. The van der Waals surface area contributed by atoms with Crippen LogP contribution in [0, 0.1) is 11.8 Å². The second-order valence-corrected chi connectivity index (χ2v) is 8.52. The normalized spacial score (nSPS) is 30.1. The van der Waals surface area contributed by atoms with E-state index in [0.29, 0.717) is 17.9 Å². The van der Waals surface area contributed by atoms with Gasteiger partial charge in [-0.2, -0.15) is 0 Å². The van der Waals surface area contributed by atoms with Crippen molar-refractivity contribution in [3.8, 4) is 0 Å². The van der Waals surface area contributed by atoms with E-state index < -0.39 is 0 Å². The van der Waals surface area contributed by atoms with Gasteiger partial charge in [0, 0.05) is 29.0 Å². The quantitative estimate of drug-likeness (QED) is 0.529. The van der Waals surface area contributed by atoms with Gasteiger partial charge in [0.25, 0.3) is 0 Å². The van der Waals surface area contributed by atoms with Crippen LogP contribution in [0.4, 0.5) is 0 Å². The topological polar surface area (TPSA) is 13.1 Å². The summed E-state index contributed by atoms with van der Waals surface area (Å²) in [6, 6.07) is 15.2. The van der Waals surface area contributed by atoms with Crippen molar-refractivity contribution in [3.05, 3.63) is 77.6 Å². The van der Waals surface area contributed by atoms with Gasteiger partial charge in [-0.3, -0.25) is 0 Å². The molecule has 2 nitrogen and oxygen atoms in total. The van der Waals surface area contributed by atoms with Crippen LogP contribution in [0.5, 0.6) is 0 Å². The first-order valence-electron chi connectivity index (χ1n) is 10.8. The summed E-state index contributed by atoms with van der Waals surface area (Å²) < 4.78 is 9.11. The molecular weight excluding hydrogens is 330 g/mol. The van der Waals surface area contributed by atoms with Gasteiger partial charge in [0.15, 0.2) is 18.9 Å². The van der Waals surface area contributed by atoms with Gasteiger partial charge in [0.1, 0.15) is 0 Å². The van der Waals surface area contributed by atoms with Gasteiger partial charge in [-0.05, 0) is 38.2 Å². The molecule has 2 aromatic rings. The predicted molar refractivity (Wildman–Crippen MR) is 107 cm³/mol. The highest BCUT2D eigenvalue weighted by atomic mass is 16.5. The second-order valence-electron chi connectivity index (χ2n) is 8.52. The van der Waals surface area contributed by atoms with Crippen molar-refractivity contribution >= 4 is 0 Å². The van der Waals surface area contributed by atoms with Crippen molar-refractivity contribution in [1.29, 1.82) is 0 Å². The van der Waals surface area contributed by atoms with E-state index in [1.165, 1.54) is 56.1 Å². The molecule has 5 rings (SSSR count). The van der Waals surface area contributed by atoms with E-state index in [0.717, 1.165) is 6.54 Å². The summed E-state index contributed by atoms with van der Waals surface area (Å²) in [5, 5.41) is 0. The smallest absolute Gasteiger partial charge is 0.174 e. The van der Waals surface area contributed by atoms with E-state index in [4.69, 9.17) is 4.74 Å². The summed E-state index contributed by atoms with van der Waals surface area (Å²) in [5.41, 5.74) is 4.44. The van der Waals surface area contributed by atoms with E-state index in [-0.39, 0.29) is 6.10 Å². The van der Waals surface area contributed by atoms with Gasteiger partial charge >= 0.3 is 0 Å². The maximum Gasteiger partial charge on any atom is 0.174 e. The van der Waals surface area contributed by atoms with Crippen LogP contribution in [0.15, 0.2) is 66.5 Å². The molecule has 0 radical (unpaired) electrons. The number of ether oxygens (including phenoxy) is 1. The highest BCUT2D eigenvalue weighted by Gasteiger charge is 2.44. The molecule has 0 unspecified atom stereocenters. The molecule has 2 fully saturated rings. The van der Waals surface area contributed by atoms with Crippen LogP contribution in [0.25, 0.3) is 0 Å². The third kappa shape index (κ3) is 3.48. The molecule has 0 bridgehead atoms. The lowest BCUT2D eigenvalue weighted by Crippen LogP contribution is -2.42. The minimum absolute atomic E-state index is 0.235. The molecule has 1 saturated carbocycles. The van der Waals surface area contributed by atoms with E-state index in [9.17, 15) is 0 Å². The van der Waals surface area contributed by atoms with Crippen LogP contribution in [-0.4, -0.2) is 6.10 Å². The molecule has 0 amide bonds. The molecule has 2 heterocycles. The molecule has 1 aromatic heterocycles. The van der Waals surface area contributed by atoms with Gasteiger partial charge in [-0.25, -0.2) is 4.57 Å². The number of pyridine rings is 1. The van der Waals surface area contributed by atoms with Crippen LogP contribution in [-0.2, 0) is 11.3 Å². The maximum absolute atomic E-state index is 6.80. The first-order valence-corrected chi connectivity index (χ1v) is 10.8. The number of nitrogens with zero attached hydrogens (tertiary/aromatic N) is 1. The minimum atomic E-state index is 0.235. The van der Waals surface area contributed by atoms with Crippen molar-refractivity contribution < 1.29 is 9.30 Å². The number of allylic oxidation sites excluding steroid dienone is 1. The summed E-state index contributed by atoms with van der Waals surface area (Å²) >= 11 is 0. The van der Waals surface area contributed by atoms with Crippen molar-refractivity contribution in [3.63, 3.8) is 0 Å². The van der Waals surface area contributed by atoms with E-state index in [1.807, 2.05) is 0 Å². The van der Waals surface area contributed by atoms with E-state index >= 15 is 0 Å². The number of hydrogen-bond acceptors (Lipinski definition) is 1. The van der Waals surface area contributed by atoms with Crippen LogP contribution >= 0.6 is 0 Å². The lowest BCUT2D eigenvalue weighted by Gasteiger charge is -2.47. The molecule has 1 aromatic carbocycles. The van der Waals surface area contributed by atoms with Crippen LogP contribution in [0.2, 0.25) is 0 Å².